The molecule has 0 aromatic carbocycles. The van der Waals surface area contributed by atoms with E-state index in [0.717, 1.165) is 47.0 Å². The summed E-state index contributed by atoms with van der Waals surface area (Å²) < 4.78 is 9.29. The van der Waals surface area contributed by atoms with Gasteiger partial charge in [-0.1, -0.05) is 33.8 Å². The maximum absolute atomic E-state index is 5.39. The topological polar surface area (TPSA) is 82.2 Å². The van der Waals surface area contributed by atoms with Gasteiger partial charge in [-0.05, 0) is 69.2 Å². The fourth-order valence-electron chi connectivity index (χ4n) is 4.55. The first-order valence-corrected chi connectivity index (χ1v) is 13.6. The van der Waals surface area contributed by atoms with Crippen molar-refractivity contribution in [1.82, 2.24) is 29.4 Å². The average molecular weight is 506 g/mol. The summed E-state index contributed by atoms with van der Waals surface area (Å²) in [4.78, 5) is 9.38. The number of nitrogens with one attached hydrogen (secondary N) is 1. The van der Waals surface area contributed by atoms with Gasteiger partial charge < -0.3 is 10.1 Å². The van der Waals surface area contributed by atoms with Crippen LogP contribution in [0.25, 0.3) is 28.3 Å². The molecule has 0 aliphatic heterocycles. The largest absolute Gasteiger partial charge is 0.384 e. The summed E-state index contributed by atoms with van der Waals surface area (Å²) in [5.74, 6) is 2.64. The molecule has 5 rings (SSSR count). The number of methoxy groups -OCH3 is 1. The molecule has 200 valence electrons. The number of pyridine rings is 1. The highest BCUT2D eigenvalue weighted by molar-refractivity contribution is 5.82. The van der Waals surface area contributed by atoms with E-state index in [9.17, 15) is 0 Å². The lowest BCUT2D eigenvalue weighted by Gasteiger charge is -2.36. The Hall–Kier alpha value is -3.26. The summed E-state index contributed by atoms with van der Waals surface area (Å²) in [5, 5.41) is 13.2. The van der Waals surface area contributed by atoms with Crippen LogP contribution in [-0.2, 0) is 4.74 Å². The summed E-state index contributed by atoms with van der Waals surface area (Å²) in [5.41, 5.74) is 4.84. The molecule has 0 radical (unpaired) electrons. The molecular weight excluding hydrogens is 462 g/mol. The van der Waals surface area contributed by atoms with Crippen molar-refractivity contribution in [2.75, 3.05) is 25.6 Å². The number of anilines is 1. The zero-order valence-electron chi connectivity index (χ0n) is 23.7. The quantitative estimate of drug-likeness (QED) is 0.288. The van der Waals surface area contributed by atoms with E-state index in [1.807, 2.05) is 67.5 Å². The SMILES string of the molecule is CC.CC.COCC1CCC1CNc1nc(-c2ccccn2)nn2cc(-c3ccn(C(C)C)n3)c(C)c12. The van der Waals surface area contributed by atoms with Crippen molar-refractivity contribution in [3.63, 3.8) is 0 Å². The minimum absolute atomic E-state index is 0.311. The third-order valence-corrected chi connectivity index (χ3v) is 6.68. The number of nitrogens with zero attached hydrogens (tertiary/aromatic N) is 6. The van der Waals surface area contributed by atoms with Crippen molar-refractivity contribution in [2.24, 2.45) is 11.8 Å². The lowest BCUT2D eigenvalue weighted by molar-refractivity contribution is 0.0658. The second-order valence-corrected chi connectivity index (χ2v) is 9.17. The molecule has 2 unspecified atom stereocenters. The molecule has 8 nitrogen and oxygen atoms in total. The van der Waals surface area contributed by atoms with Crippen molar-refractivity contribution >= 4 is 11.3 Å². The van der Waals surface area contributed by atoms with Crippen LogP contribution >= 0.6 is 0 Å². The zero-order chi connectivity index (χ0) is 26.9. The lowest BCUT2D eigenvalue weighted by atomic mass is 9.74. The maximum atomic E-state index is 5.39. The van der Waals surface area contributed by atoms with Gasteiger partial charge in [0.05, 0.1) is 5.69 Å². The molecule has 8 heteroatoms. The van der Waals surface area contributed by atoms with Gasteiger partial charge in [0.15, 0.2) is 5.82 Å². The second-order valence-electron chi connectivity index (χ2n) is 9.17. The van der Waals surface area contributed by atoms with Crippen molar-refractivity contribution < 1.29 is 4.74 Å². The van der Waals surface area contributed by atoms with Crippen LogP contribution in [0.15, 0.2) is 42.9 Å². The Bertz CT molecular complexity index is 1250. The first-order chi connectivity index (χ1) is 18.0. The van der Waals surface area contributed by atoms with Crippen molar-refractivity contribution in [3.05, 3.63) is 48.4 Å². The maximum Gasteiger partial charge on any atom is 0.200 e. The molecule has 4 aromatic rings. The normalized spacial score (nSPS) is 16.5. The molecule has 2 atom stereocenters. The van der Waals surface area contributed by atoms with E-state index in [1.165, 1.54) is 12.8 Å². The molecule has 37 heavy (non-hydrogen) atoms. The zero-order valence-corrected chi connectivity index (χ0v) is 23.7. The summed E-state index contributed by atoms with van der Waals surface area (Å²) in [6.45, 7) is 16.1. The number of rotatable bonds is 8. The summed E-state index contributed by atoms with van der Waals surface area (Å²) in [6.07, 6.45) is 8.29. The van der Waals surface area contributed by atoms with Crippen molar-refractivity contribution in [3.8, 4) is 22.8 Å². The van der Waals surface area contributed by atoms with Gasteiger partial charge in [0.25, 0.3) is 0 Å². The van der Waals surface area contributed by atoms with Crippen LogP contribution in [0.1, 0.15) is 66.0 Å². The molecule has 1 saturated carbocycles. The Balaban J connectivity index is 0.000000907. The van der Waals surface area contributed by atoms with Crippen molar-refractivity contribution in [2.45, 2.75) is 67.3 Å². The molecule has 4 heterocycles. The van der Waals surface area contributed by atoms with E-state index in [-0.39, 0.29) is 0 Å². The van der Waals surface area contributed by atoms with E-state index in [2.05, 4.69) is 37.1 Å². The lowest BCUT2D eigenvalue weighted by Crippen LogP contribution is -2.35. The summed E-state index contributed by atoms with van der Waals surface area (Å²) in [7, 11) is 1.78. The van der Waals surface area contributed by atoms with Gasteiger partial charge in [-0.25, -0.2) is 9.50 Å². The third-order valence-electron chi connectivity index (χ3n) is 6.68. The van der Waals surface area contributed by atoms with Crippen LogP contribution in [0, 0.1) is 18.8 Å². The van der Waals surface area contributed by atoms with Crippen LogP contribution in [-0.4, -0.2) is 49.6 Å². The van der Waals surface area contributed by atoms with E-state index in [0.29, 0.717) is 23.7 Å². The molecule has 1 N–H and O–H groups in total. The minimum Gasteiger partial charge on any atom is -0.384 e. The molecular formula is C29H43N7O. The standard InChI is InChI=1S/C25H31N7O.2C2H6/c1-16(2)31-12-10-21(29-31)20-14-32-23(17(20)3)25(27-13-18-8-9-19(18)15-33-4)28-24(30-32)22-7-5-6-11-26-22;2*1-2/h5-7,10-12,14,16,18-19H,8-9,13,15H2,1-4H3,(H,27,28,30);2*1-2H3. The Labute approximate surface area is 221 Å². The van der Waals surface area contributed by atoms with Gasteiger partial charge in [-0.2, -0.15) is 5.10 Å². The number of fused-ring (bicyclic) bond motifs is 1. The number of aryl methyl sites for hydroxylation is 1. The van der Waals surface area contributed by atoms with Crippen LogP contribution in [0.5, 0.6) is 0 Å². The Morgan fingerprint density at radius 3 is 2.38 bits per heavy atom. The molecule has 1 aliphatic rings. The molecule has 0 spiro atoms. The molecule has 0 saturated heterocycles. The monoisotopic (exact) mass is 505 g/mol. The van der Waals surface area contributed by atoms with Gasteiger partial charge in [-0.15, -0.1) is 5.10 Å². The van der Waals surface area contributed by atoms with E-state index < -0.39 is 0 Å². The van der Waals surface area contributed by atoms with E-state index in [1.54, 1.807) is 13.3 Å². The second kappa shape index (κ2) is 13.3. The molecule has 1 fully saturated rings. The molecule has 4 aromatic heterocycles. The average Bonchev–Trinajstić information content (AvgIpc) is 3.54. The van der Waals surface area contributed by atoms with Gasteiger partial charge in [0.1, 0.15) is 11.2 Å². The fraction of sp³-hybridized carbons (Fsp3) is 0.517. The summed E-state index contributed by atoms with van der Waals surface area (Å²) >= 11 is 0. The predicted octanol–water partition coefficient (Wildman–Crippen LogP) is 6.68. The highest BCUT2D eigenvalue weighted by Crippen LogP contribution is 2.36. The first-order valence-electron chi connectivity index (χ1n) is 13.6. The van der Waals surface area contributed by atoms with E-state index in [4.69, 9.17) is 19.9 Å². The van der Waals surface area contributed by atoms with Crippen LogP contribution in [0.4, 0.5) is 5.82 Å². The Morgan fingerprint density at radius 1 is 1.03 bits per heavy atom. The van der Waals surface area contributed by atoms with Crippen LogP contribution in [0.3, 0.4) is 0 Å². The van der Waals surface area contributed by atoms with Crippen LogP contribution < -0.4 is 5.32 Å². The number of ether oxygens (including phenoxy) is 1. The predicted molar refractivity (Wildman–Crippen MR) is 152 cm³/mol. The molecule has 0 bridgehead atoms. The van der Waals surface area contributed by atoms with Gasteiger partial charge in [0, 0.05) is 50.5 Å². The first kappa shape index (κ1) is 28.3. The fourth-order valence-corrected chi connectivity index (χ4v) is 4.55. The van der Waals surface area contributed by atoms with Gasteiger partial charge in [-0.3, -0.25) is 9.67 Å². The summed E-state index contributed by atoms with van der Waals surface area (Å²) in [6, 6.07) is 8.17. The number of hydrogen-bond acceptors (Lipinski definition) is 6. The highest BCUT2D eigenvalue weighted by Gasteiger charge is 2.31. The Morgan fingerprint density at radius 2 is 1.78 bits per heavy atom. The number of aromatic nitrogens is 6. The number of hydrogen-bond donors (Lipinski definition) is 1. The van der Waals surface area contributed by atoms with Crippen molar-refractivity contribution in [1.29, 1.82) is 0 Å². The van der Waals surface area contributed by atoms with E-state index >= 15 is 0 Å². The highest BCUT2D eigenvalue weighted by atomic mass is 16.5. The Kier molecular flexibility index (Phi) is 10.2. The van der Waals surface area contributed by atoms with Gasteiger partial charge in [0.2, 0.25) is 5.82 Å². The smallest absolute Gasteiger partial charge is 0.200 e. The minimum atomic E-state index is 0.311. The molecule has 1 aliphatic carbocycles. The van der Waals surface area contributed by atoms with Gasteiger partial charge >= 0.3 is 0 Å². The van der Waals surface area contributed by atoms with Crippen LogP contribution in [0.2, 0.25) is 0 Å². The molecule has 0 amide bonds. The third kappa shape index (κ3) is 6.18.